The summed E-state index contributed by atoms with van der Waals surface area (Å²) >= 11 is 3.44. The minimum Gasteiger partial charge on any atom is -0.496 e. The first kappa shape index (κ1) is 13.5. The zero-order valence-electron chi connectivity index (χ0n) is 9.74. The Bertz CT molecular complexity index is 344. The molecule has 4 N–H and O–H groups in total. The SMILES string of the molecule is COc1ccc(Br)cc1C(N)CC(C)CN. The van der Waals surface area contributed by atoms with Gasteiger partial charge < -0.3 is 16.2 Å². The van der Waals surface area contributed by atoms with Crippen molar-refractivity contribution >= 4 is 15.9 Å². The highest BCUT2D eigenvalue weighted by Crippen LogP contribution is 2.30. The molecule has 0 fully saturated rings. The van der Waals surface area contributed by atoms with Crippen LogP contribution in [0.4, 0.5) is 0 Å². The zero-order valence-corrected chi connectivity index (χ0v) is 11.3. The van der Waals surface area contributed by atoms with E-state index in [1.165, 1.54) is 0 Å². The van der Waals surface area contributed by atoms with Gasteiger partial charge >= 0.3 is 0 Å². The van der Waals surface area contributed by atoms with Gasteiger partial charge in [0, 0.05) is 16.1 Å². The smallest absolute Gasteiger partial charge is 0.123 e. The number of methoxy groups -OCH3 is 1. The molecule has 0 aliphatic carbocycles. The Hall–Kier alpha value is -0.580. The molecule has 90 valence electrons. The minimum absolute atomic E-state index is 0.0361. The molecule has 1 aromatic rings. The largest absolute Gasteiger partial charge is 0.496 e. The zero-order chi connectivity index (χ0) is 12.1. The fourth-order valence-electron chi connectivity index (χ4n) is 1.65. The van der Waals surface area contributed by atoms with Gasteiger partial charge in [-0.15, -0.1) is 0 Å². The molecule has 2 atom stereocenters. The number of hydrogen-bond acceptors (Lipinski definition) is 3. The van der Waals surface area contributed by atoms with Crippen molar-refractivity contribution in [2.45, 2.75) is 19.4 Å². The lowest BCUT2D eigenvalue weighted by Crippen LogP contribution is -2.19. The molecule has 0 aliphatic rings. The van der Waals surface area contributed by atoms with Crippen molar-refractivity contribution < 1.29 is 4.74 Å². The molecule has 1 aromatic carbocycles. The first-order chi connectivity index (χ1) is 7.58. The van der Waals surface area contributed by atoms with Crippen LogP contribution in [0.1, 0.15) is 24.9 Å². The van der Waals surface area contributed by atoms with Crippen LogP contribution < -0.4 is 16.2 Å². The molecule has 16 heavy (non-hydrogen) atoms. The molecule has 4 heteroatoms. The maximum atomic E-state index is 6.16. The van der Waals surface area contributed by atoms with Crippen molar-refractivity contribution in [1.82, 2.24) is 0 Å². The molecule has 0 saturated carbocycles. The van der Waals surface area contributed by atoms with Crippen molar-refractivity contribution in [3.8, 4) is 5.75 Å². The van der Waals surface area contributed by atoms with Crippen LogP contribution in [0.3, 0.4) is 0 Å². The van der Waals surface area contributed by atoms with Crippen LogP contribution in [0.2, 0.25) is 0 Å². The van der Waals surface area contributed by atoms with Crippen LogP contribution in [0.25, 0.3) is 0 Å². The van der Waals surface area contributed by atoms with E-state index in [1.807, 2.05) is 18.2 Å². The van der Waals surface area contributed by atoms with Gasteiger partial charge in [0.1, 0.15) is 5.75 Å². The fourth-order valence-corrected chi connectivity index (χ4v) is 2.03. The van der Waals surface area contributed by atoms with Crippen LogP contribution in [-0.2, 0) is 0 Å². The molecule has 1 rings (SSSR count). The minimum atomic E-state index is -0.0361. The van der Waals surface area contributed by atoms with Gasteiger partial charge in [-0.3, -0.25) is 0 Å². The van der Waals surface area contributed by atoms with Gasteiger partial charge in [0.25, 0.3) is 0 Å². The monoisotopic (exact) mass is 286 g/mol. The first-order valence-corrected chi connectivity index (χ1v) is 6.16. The average molecular weight is 287 g/mol. The number of rotatable bonds is 5. The van der Waals surface area contributed by atoms with E-state index in [1.54, 1.807) is 7.11 Å². The van der Waals surface area contributed by atoms with E-state index in [0.717, 1.165) is 22.2 Å². The Morgan fingerprint density at radius 2 is 2.12 bits per heavy atom. The number of ether oxygens (including phenoxy) is 1. The van der Waals surface area contributed by atoms with Gasteiger partial charge in [-0.1, -0.05) is 22.9 Å². The summed E-state index contributed by atoms with van der Waals surface area (Å²) in [5.74, 6) is 1.25. The number of halogens is 1. The second kappa shape index (κ2) is 6.23. The number of benzene rings is 1. The lowest BCUT2D eigenvalue weighted by atomic mass is 9.96. The summed E-state index contributed by atoms with van der Waals surface area (Å²) in [4.78, 5) is 0. The predicted octanol–water partition coefficient (Wildman–Crippen LogP) is 2.44. The van der Waals surface area contributed by atoms with E-state index in [9.17, 15) is 0 Å². The highest BCUT2D eigenvalue weighted by Gasteiger charge is 2.14. The summed E-state index contributed by atoms with van der Waals surface area (Å²) in [6.07, 6.45) is 0.864. The van der Waals surface area contributed by atoms with Crippen LogP contribution in [0, 0.1) is 5.92 Å². The Morgan fingerprint density at radius 1 is 1.44 bits per heavy atom. The molecular formula is C12H19BrN2O. The third kappa shape index (κ3) is 3.47. The fraction of sp³-hybridized carbons (Fsp3) is 0.500. The standard InChI is InChI=1S/C12H19BrN2O/c1-8(7-14)5-11(15)10-6-9(13)3-4-12(10)16-2/h3-4,6,8,11H,5,7,14-15H2,1-2H3. The van der Waals surface area contributed by atoms with E-state index in [-0.39, 0.29) is 6.04 Å². The van der Waals surface area contributed by atoms with Gasteiger partial charge in [0.2, 0.25) is 0 Å². The molecule has 0 aromatic heterocycles. The van der Waals surface area contributed by atoms with E-state index < -0.39 is 0 Å². The maximum Gasteiger partial charge on any atom is 0.123 e. The van der Waals surface area contributed by atoms with Crippen molar-refractivity contribution in [3.05, 3.63) is 28.2 Å². The van der Waals surface area contributed by atoms with Gasteiger partial charge in [-0.05, 0) is 37.1 Å². The molecule has 0 amide bonds. The van der Waals surface area contributed by atoms with E-state index >= 15 is 0 Å². The molecule has 0 heterocycles. The average Bonchev–Trinajstić information content (AvgIpc) is 2.28. The summed E-state index contributed by atoms with van der Waals surface area (Å²) in [6.45, 7) is 2.76. The Kier molecular flexibility index (Phi) is 5.25. The third-order valence-electron chi connectivity index (χ3n) is 2.65. The van der Waals surface area contributed by atoms with Crippen molar-refractivity contribution in [2.24, 2.45) is 17.4 Å². The van der Waals surface area contributed by atoms with E-state index in [0.29, 0.717) is 12.5 Å². The Labute approximate surface area is 105 Å². The van der Waals surface area contributed by atoms with Gasteiger partial charge in [-0.25, -0.2) is 0 Å². The molecule has 0 spiro atoms. The van der Waals surface area contributed by atoms with Crippen molar-refractivity contribution in [2.75, 3.05) is 13.7 Å². The lowest BCUT2D eigenvalue weighted by Gasteiger charge is -2.19. The second-order valence-corrected chi connectivity index (χ2v) is 4.99. The molecule has 0 bridgehead atoms. The van der Waals surface area contributed by atoms with E-state index in [4.69, 9.17) is 16.2 Å². The van der Waals surface area contributed by atoms with Gasteiger partial charge in [0.05, 0.1) is 7.11 Å². The molecule has 0 radical (unpaired) electrons. The van der Waals surface area contributed by atoms with Gasteiger partial charge in [-0.2, -0.15) is 0 Å². The second-order valence-electron chi connectivity index (χ2n) is 4.07. The summed E-state index contributed by atoms with van der Waals surface area (Å²) in [5, 5.41) is 0. The Balaban J connectivity index is 2.88. The van der Waals surface area contributed by atoms with Crippen LogP contribution in [0.15, 0.2) is 22.7 Å². The van der Waals surface area contributed by atoms with Crippen LogP contribution in [-0.4, -0.2) is 13.7 Å². The Morgan fingerprint density at radius 3 is 2.69 bits per heavy atom. The maximum absolute atomic E-state index is 6.16. The molecular weight excluding hydrogens is 268 g/mol. The summed E-state index contributed by atoms with van der Waals surface area (Å²) in [7, 11) is 1.66. The van der Waals surface area contributed by atoms with Crippen molar-refractivity contribution in [1.29, 1.82) is 0 Å². The van der Waals surface area contributed by atoms with Crippen LogP contribution in [0.5, 0.6) is 5.75 Å². The normalized spacial score (nSPS) is 14.6. The summed E-state index contributed by atoms with van der Waals surface area (Å²) < 4.78 is 6.32. The molecule has 0 saturated heterocycles. The topological polar surface area (TPSA) is 61.3 Å². The van der Waals surface area contributed by atoms with Crippen LogP contribution >= 0.6 is 15.9 Å². The first-order valence-electron chi connectivity index (χ1n) is 5.37. The summed E-state index contributed by atoms with van der Waals surface area (Å²) in [5.41, 5.74) is 12.8. The quantitative estimate of drug-likeness (QED) is 0.874. The lowest BCUT2D eigenvalue weighted by molar-refractivity contribution is 0.397. The third-order valence-corrected chi connectivity index (χ3v) is 3.14. The highest BCUT2D eigenvalue weighted by atomic mass is 79.9. The van der Waals surface area contributed by atoms with Crippen molar-refractivity contribution in [3.63, 3.8) is 0 Å². The molecule has 2 unspecified atom stereocenters. The van der Waals surface area contributed by atoms with Gasteiger partial charge in [0.15, 0.2) is 0 Å². The van der Waals surface area contributed by atoms with E-state index in [2.05, 4.69) is 22.9 Å². The highest BCUT2D eigenvalue weighted by molar-refractivity contribution is 9.10. The summed E-state index contributed by atoms with van der Waals surface area (Å²) in [6, 6.07) is 5.84. The number of hydrogen-bond donors (Lipinski definition) is 2. The predicted molar refractivity (Wildman–Crippen MR) is 70.5 cm³/mol. The molecule has 3 nitrogen and oxygen atoms in total. The molecule has 0 aliphatic heterocycles. The number of nitrogens with two attached hydrogens (primary N) is 2.